The molecule has 4 heteroatoms. The summed E-state index contributed by atoms with van der Waals surface area (Å²) in [6.07, 6.45) is 0. The molecule has 0 saturated carbocycles. The third-order valence-electron chi connectivity index (χ3n) is 3.56. The fourth-order valence-electron chi connectivity index (χ4n) is 2.43. The molecule has 1 aliphatic heterocycles. The molecule has 0 aromatic heterocycles. The normalized spacial score (nSPS) is 18.1. The largest absolute Gasteiger partial charge is 0.397 e. The van der Waals surface area contributed by atoms with Crippen LogP contribution in [-0.2, 0) is 0 Å². The van der Waals surface area contributed by atoms with E-state index in [1.807, 2.05) is 6.07 Å². The van der Waals surface area contributed by atoms with Crippen LogP contribution < -0.4 is 10.6 Å². The third-order valence-corrected chi connectivity index (χ3v) is 4.23. The molecule has 18 heavy (non-hydrogen) atoms. The minimum Gasteiger partial charge on any atom is -0.397 e. The fourth-order valence-corrected chi connectivity index (χ4v) is 2.95. The van der Waals surface area contributed by atoms with Crippen LogP contribution in [0.5, 0.6) is 0 Å². The van der Waals surface area contributed by atoms with Crippen LogP contribution in [-0.4, -0.2) is 36.6 Å². The van der Waals surface area contributed by atoms with Crippen molar-refractivity contribution in [2.45, 2.75) is 26.3 Å². The first-order valence-corrected chi connectivity index (χ1v) is 7.51. The molecule has 0 radical (unpaired) electrons. The van der Waals surface area contributed by atoms with E-state index in [-0.39, 0.29) is 5.54 Å². The van der Waals surface area contributed by atoms with Crippen molar-refractivity contribution in [3.8, 4) is 0 Å². The molecule has 1 saturated heterocycles. The molecule has 1 aliphatic rings. The van der Waals surface area contributed by atoms with Gasteiger partial charge in [-0.1, -0.05) is 0 Å². The summed E-state index contributed by atoms with van der Waals surface area (Å²) in [4.78, 5) is 4.93. The molecule has 0 amide bonds. The van der Waals surface area contributed by atoms with E-state index in [0.29, 0.717) is 0 Å². The fraction of sp³-hybridized carbons (Fsp3) is 0.571. The van der Waals surface area contributed by atoms with E-state index < -0.39 is 0 Å². The second kappa shape index (κ2) is 5.25. The highest BCUT2D eigenvalue weighted by molar-refractivity contribution is 14.1. The summed E-state index contributed by atoms with van der Waals surface area (Å²) in [6, 6.07) is 6.32. The van der Waals surface area contributed by atoms with Crippen LogP contribution >= 0.6 is 22.6 Å². The molecule has 1 heterocycles. The Morgan fingerprint density at radius 2 is 1.72 bits per heavy atom. The van der Waals surface area contributed by atoms with Crippen molar-refractivity contribution in [3.05, 3.63) is 21.8 Å². The van der Waals surface area contributed by atoms with E-state index in [2.05, 4.69) is 65.3 Å². The van der Waals surface area contributed by atoms with Gasteiger partial charge in [0.05, 0.1) is 11.4 Å². The molecular formula is C14H22IN3. The average molecular weight is 359 g/mol. The minimum atomic E-state index is 0.268. The Labute approximate surface area is 123 Å². The molecule has 0 atom stereocenters. The van der Waals surface area contributed by atoms with Crippen LogP contribution in [0.1, 0.15) is 20.8 Å². The predicted molar refractivity (Wildman–Crippen MR) is 87.1 cm³/mol. The number of nitrogens with zero attached hydrogens (tertiary/aromatic N) is 2. The van der Waals surface area contributed by atoms with Gasteiger partial charge in [0.25, 0.3) is 0 Å². The maximum atomic E-state index is 6.11. The van der Waals surface area contributed by atoms with Crippen LogP contribution in [0.3, 0.4) is 0 Å². The van der Waals surface area contributed by atoms with Gasteiger partial charge >= 0.3 is 0 Å². The molecule has 3 nitrogen and oxygen atoms in total. The van der Waals surface area contributed by atoms with E-state index in [1.54, 1.807) is 0 Å². The molecule has 100 valence electrons. The Bertz CT molecular complexity index is 418. The molecular weight excluding hydrogens is 337 g/mol. The molecule has 0 bridgehead atoms. The topological polar surface area (TPSA) is 32.5 Å². The van der Waals surface area contributed by atoms with Crippen LogP contribution in [0, 0.1) is 3.57 Å². The van der Waals surface area contributed by atoms with Gasteiger partial charge in [0.2, 0.25) is 0 Å². The van der Waals surface area contributed by atoms with E-state index >= 15 is 0 Å². The maximum Gasteiger partial charge on any atom is 0.0601 e. The number of hydrogen-bond acceptors (Lipinski definition) is 3. The van der Waals surface area contributed by atoms with Crippen molar-refractivity contribution in [2.24, 2.45) is 0 Å². The van der Waals surface area contributed by atoms with Crippen LogP contribution in [0.15, 0.2) is 18.2 Å². The summed E-state index contributed by atoms with van der Waals surface area (Å²) in [6.45, 7) is 11.2. The van der Waals surface area contributed by atoms with Gasteiger partial charge in [-0.3, -0.25) is 4.90 Å². The van der Waals surface area contributed by atoms with E-state index in [0.717, 1.165) is 31.9 Å². The van der Waals surface area contributed by atoms with Gasteiger partial charge in [0, 0.05) is 35.3 Å². The zero-order valence-electron chi connectivity index (χ0n) is 11.4. The first-order chi connectivity index (χ1) is 8.38. The van der Waals surface area contributed by atoms with Crippen molar-refractivity contribution in [1.82, 2.24) is 4.90 Å². The molecule has 2 rings (SSSR count). The van der Waals surface area contributed by atoms with Crippen molar-refractivity contribution < 1.29 is 0 Å². The van der Waals surface area contributed by atoms with Crippen molar-refractivity contribution in [1.29, 1.82) is 0 Å². The van der Waals surface area contributed by atoms with Gasteiger partial charge in [-0.2, -0.15) is 0 Å². The van der Waals surface area contributed by atoms with E-state index in [9.17, 15) is 0 Å². The van der Waals surface area contributed by atoms with Crippen LogP contribution in [0.4, 0.5) is 11.4 Å². The Hall–Kier alpha value is -0.490. The molecule has 0 aliphatic carbocycles. The number of piperazine rings is 1. The zero-order valence-corrected chi connectivity index (χ0v) is 13.6. The second-order valence-corrected chi connectivity index (χ2v) is 7.09. The Morgan fingerprint density at radius 1 is 1.11 bits per heavy atom. The number of nitrogen functional groups attached to an aromatic ring is 1. The highest BCUT2D eigenvalue weighted by Crippen LogP contribution is 2.27. The van der Waals surface area contributed by atoms with Crippen LogP contribution in [0.25, 0.3) is 0 Å². The van der Waals surface area contributed by atoms with Crippen molar-refractivity contribution in [2.75, 3.05) is 36.8 Å². The van der Waals surface area contributed by atoms with Gasteiger partial charge in [0.15, 0.2) is 0 Å². The SMILES string of the molecule is CC(C)(C)N1CCN(c2ccc(I)cc2N)CC1. The summed E-state index contributed by atoms with van der Waals surface area (Å²) in [5, 5.41) is 0. The predicted octanol–water partition coefficient (Wildman–Crippen LogP) is 2.79. The summed E-state index contributed by atoms with van der Waals surface area (Å²) in [7, 11) is 0. The summed E-state index contributed by atoms with van der Waals surface area (Å²) < 4.78 is 1.20. The number of anilines is 2. The number of hydrogen-bond donors (Lipinski definition) is 1. The Morgan fingerprint density at radius 3 is 2.22 bits per heavy atom. The van der Waals surface area contributed by atoms with Gasteiger partial charge in [-0.15, -0.1) is 0 Å². The minimum absolute atomic E-state index is 0.268. The first kappa shape index (κ1) is 13.9. The lowest BCUT2D eigenvalue weighted by atomic mass is 10.0. The number of rotatable bonds is 1. The highest BCUT2D eigenvalue weighted by Gasteiger charge is 2.26. The lowest BCUT2D eigenvalue weighted by molar-refractivity contribution is 0.128. The average Bonchev–Trinajstić information content (AvgIpc) is 2.28. The lowest BCUT2D eigenvalue weighted by Crippen LogP contribution is -2.53. The quantitative estimate of drug-likeness (QED) is 0.618. The summed E-state index contributed by atoms with van der Waals surface area (Å²) >= 11 is 2.30. The van der Waals surface area contributed by atoms with E-state index in [1.165, 1.54) is 9.26 Å². The monoisotopic (exact) mass is 359 g/mol. The lowest BCUT2D eigenvalue weighted by Gasteiger charge is -2.43. The molecule has 2 N–H and O–H groups in total. The summed E-state index contributed by atoms with van der Waals surface area (Å²) in [5.41, 5.74) is 8.46. The van der Waals surface area contributed by atoms with Gasteiger partial charge in [0.1, 0.15) is 0 Å². The Balaban J connectivity index is 2.06. The summed E-state index contributed by atoms with van der Waals surface area (Å²) in [5.74, 6) is 0. The number of halogens is 1. The third kappa shape index (κ3) is 3.09. The number of benzene rings is 1. The molecule has 1 aromatic rings. The van der Waals surface area contributed by atoms with Gasteiger partial charge < -0.3 is 10.6 Å². The highest BCUT2D eigenvalue weighted by atomic mass is 127. The molecule has 1 fully saturated rings. The van der Waals surface area contributed by atoms with Gasteiger partial charge in [-0.25, -0.2) is 0 Å². The van der Waals surface area contributed by atoms with Crippen LogP contribution in [0.2, 0.25) is 0 Å². The van der Waals surface area contributed by atoms with E-state index in [4.69, 9.17) is 5.73 Å². The number of nitrogens with two attached hydrogens (primary N) is 1. The molecule has 0 spiro atoms. The smallest absolute Gasteiger partial charge is 0.0601 e. The van der Waals surface area contributed by atoms with Crippen molar-refractivity contribution in [3.63, 3.8) is 0 Å². The van der Waals surface area contributed by atoms with Gasteiger partial charge in [-0.05, 0) is 61.6 Å². The Kier molecular flexibility index (Phi) is 4.06. The zero-order chi connectivity index (χ0) is 13.3. The standard InChI is InChI=1S/C14H22IN3/c1-14(2,3)18-8-6-17(7-9-18)13-5-4-11(15)10-12(13)16/h4-5,10H,6-9,16H2,1-3H3. The first-order valence-electron chi connectivity index (χ1n) is 6.43. The maximum absolute atomic E-state index is 6.11. The second-order valence-electron chi connectivity index (χ2n) is 5.85. The van der Waals surface area contributed by atoms with Crippen molar-refractivity contribution >= 4 is 34.0 Å². The molecule has 1 aromatic carbocycles. The molecule has 0 unspecified atom stereocenters.